The standard InChI is InChI=1S/C11H12ClN3O3/c12-8-3-4-13-11(14-8)15-9(16)6-1-2-7(5-6)10(17)18/h3-4,6-7H,1-2,5H2,(H,17,18)(H,13,14,15,16). The second-order valence-corrected chi connectivity index (χ2v) is 4.62. The van der Waals surface area contributed by atoms with Gasteiger partial charge in [0.15, 0.2) is 0 Å². The Labute approximate surface area is 108 Å². The van der Waals surface area contributed by atoms with E-state index in [0.717, 1.165) is 0 Å². The number of carboxylic acid groups (broad SMARTS) is 1. The van der Waals surface area contributed by atoms with Crippen molar-refractivity contribution < 1.29 is 14.7 Å². The van der Waals surface area contributed by atoms with Crippen molar-refractivity contribution in [3.8, 4) is 0 Å². The maximum absolute atomic E-state index is 11.9. The Morgan fingerprint density at radius 1 is 1.39 bits per heavy atom. The fraction of sp³-hybridized carbons (Fsp3) is 0.455. The van der Waals surface area contributed by atoms with Crippen molar-refractivity contribution in [1.82, 2.24) is 9.97 Å². The highest BCUT2D eigenvalue weighted by Crippen LogP contribution is 2.31. The van der Waals surface area contributed by atoms with Gasteiger partial charge in [0, 0.05) is 12.1 Å². The number of carboxylic acids is 1. The maximum Gasteiger partial charge on any atom is 0.306 e. The number of rotatable bonds is 3. The van der Waals surface area contributed by atoms with Crippen LogP contribution in [0.3, 0.4) is 0 Å². The van der Waals surface area contributed by atoms with Crippen molar-refractivity contribution in [2.75, 3.05) is 5.32 Å². The first-order valence-corrected chi connectivity index (χ1v) is 5.96. The van der Waals surface area contributed by atoms with Crippen molar-refractivity contribution >= 4 is 29.4 Å². The largest absolute Gasteiger partial charge is 0.481 e. The number of halogens is 1. The predicted molar refractivity (Wildman–Crippen MR) is 64.1 cm³/mol. The Kier molecular flexibility index (Phi) is 3.76. The van der Waals surface area contributed by atoms with Gasteiger partial charge in [0.05, 0.1) is 5.92 Å². The van der Waals surface area contributed by atoms with E-state index in [9.17, 15) is 9.59 Å². The van der Waals surface area contributed by atoms with Crippen LogP contribution in [0.25, 0.3) is 0 Å². The second-order valence-electron chi connectivity index (χ2n) is 4.24. The third kappa shape index (κ3) is 2.95. The Morgan fingerprint density at radius 2 is 2.11 bits per heavy atom. The monoisotopic (exact) mass is 269 g/mol. The highest BCUT2D eigenvalue weighted by molar-refractivity contribution is 6.29. The van der Waals surface area contributed by atoms with E-state index < -0.39 is 11.9 Å². The molecule has 1 aliphatic carbocycles. The molecule has 18 heavy (non-hydrogen) atoms. The molecule has 1 amide bonds. The minimum absolute atomic E-state index is 0.145. The average Bonchev–Trinajstić information content (AvgIpc) is 2.78. The van der Waals surface area contributed by atoms with E-state index in [1.165, 1.54) is 12.3 Å². The van der Waals surface area contributed by atoms with E-state index in [2.05, 4.69) is 15.3 Å². The number of nitrogens with zero attached hydrogens (tertiary/aromatic N) is 2. The number of amides is 1. The van der Waals surface area contributed by atoms with E-state index >= 15 is 0 Å². The molecule has 1 saturated carbocycles. The lowest BCUT2D eigenvalue weighted by atomic mass is 10.0. The van der Waals surface area contributed by atoms with Crippen LogP contribution in [0.1, 0.15) is 19.3 Å². The number of aliphatic carboxylic acids is 1. The molecule has 6 nitrogen and oxygen atoms in total. The fourth-order valence-electron chi connectivity index (χ4n) is 2.05. The van der Waals surface area contributed by atoms with Crippen LogP contribution in [-0.4, -0.2) is 27.0 Å². The molecule has 96 valence electrons. The summed E-state index contributed by atoms with van der Waals surface area (Å²) in [6.07, 6.45) is 2.91. The molecule has 0 saturated heterocycles. The fourth-order valence-corrected chi connectivity index (χ4v) is 2.19. The van der Waals surface area contributed by atoms with Crippen LogP contribution < -0.4 is 5.32 Å². The van der Waals surface area contributed by atoms with Crippen molar-refractivity contribution in [2.45, 2.75) is 19.3 Å². The molecule has 0 radical (unpaired) electrons. The van der Waals surface area contributed by atoms with Gasteiger partial charge in [-0.05, 0) is 25.3 Å². The summed E-state index contributed by atoms with van der Waals surface area (Å²) in [7, 11) is 0. The zero-order valence-electron chi connectivity index (χ0n) is 9.47. The number of carbonyl (C=O) groups excluding carboxylic acids is 1. The first-order valence-electron chi connectivity index (χ1n) is 5.58. The van der Waals surface area contributed by atoms with E-state index in [0.29, 0.717) is 19.3 Å². The van der Waals surface area contributed by atoms with Crippen molar-refractivity contribution in [1.29, 1.82) is 0 Å². The third-order valence-corrected chi connectivity index (χ3v) is 3.22. The second kappa shape index (κ2) is 5.30. The summed E-state index contributed by atoms with van der Waals surface area (Å²) in [5.41, 5.74) is 0. The van der Waals surface area contributed by atoms with E-state index in [1.807, 2.05) is 0 Å². The van der Waals surface area contributed by atoms with Crippen molar-refractivity contribution in [3.05, 3.63) is 17.4 Å². The van der Waals surface area contributed by atoms with Crippen LogP contribution in [0.5, 0.6) is 0 Å². The number of hydrogen-bond acceptors (Lipinski definition) is 4. The molecule has 7 heteroatoms. The summed E-state index contributed by atoms with van der Waals surface area (Å²) < 4.78 is 0. The number of carbonyl (C=O) groups is 2. The van der Waals surface area contributed by atoms with Gasteiger partial charge in [-0.2, -0.15) is 0 Å². The molecule has 2 atom stereocenters. The topological polar surface area (TPSA) is 92.2 Å². The van der Waals surface area contributed by atoms with E-state index in [1.54, 1.807) is 0 Å². The molecule has 0 aliphatic heterocycles. The summed E-state index contributed by atoms with van der Waals surface area (Å²) >= 11 is 5.67. The van der Waals surface area contributed by atoms with Crippen LogP contribution in [-0.2, 0) is 9.59 Å². The maximum atomic E-state index is 11.9. The molecule has 2 unspecified atom stereocenters. The molecular formula is C11H12ClN3O3. The summed E-state index contributed by atoms with van der Waals surface area (Å²) in [5, 5.41) is 11.7. The van der Waals surface area contributed by atoms with Crippen LogP contribution in [0.15, 0.2) is 12.3 Å². The van der Waals surface area contributed by atoms with Crippen LogP contribution >= 0.6 is 11.6 Å². The summed E-state index contributed by atoms with van der Waals surface area (Å²) in [4.78, 5) is 30.4. The molecule has 1 fully saturated rings. The Bertz CT molecular complexity index is 480. The molecule has 0 aromatic carbocycles. The molecular weight excluding hydrogens is 258 g/mol. The molecule has 1 aromatic rings. The quantitative estimate of drug-likeness (QED) is 0.813. The molecule has 0 bridgehead atoms. The van der Waals surface area contributed by atoms with Gasteiger partial charge in [-0.3, -0.25) is 14.9 Å². The van der Waals surface area contributed by atoms with Gasteiger partial charge in [-0.1, -0.05) is 11.6 Å². The Morgan fingerprint density at radius 3 is 2.72 bits per heavy atom. The molecule has 2 N–H and O–H groups in total. The van der Waals surface area contributed by atoms with Gasteiger partial charge >= 0.3 is 5.97 Å². The van der Waals surface area contributed by atoms with Crippen molar-refractivity contribution in [3.63, 3.8) is 0 Å². The molecule has 1 heterocycles. The number of aromatic nitrogens is 2. The molecule has 1 aromatic heterocycles. The first kappa shape index (κ1) is 12.8. The predicted octanol–water partition coefficient (Wildman–Crippen LogP) is 1.57. The average molecular weight is 270 g/mol. The van der Waals surface area contributed by atoms with Gasteiger partial charge in [0.25, 0.3) is 0 Å². The molecule has 0 spiro atoms. The smallest absolute Gasteiger partial charge is 0.306 e. The summed E-state index contributed by atoms with van der Waals surface area (Å²) in [6.45, 7) is 0. The molecule has 1 aliphatic rings. The summed E-state index contributed by atoms with van der Waals surface area (Å²) in [6, 6.07) is 1.51. The number of nitrogens with one attached hydrogen (secondary N) is 1. The van der Waals surface area contributed by atoms with Gasteiger partial charge in [-0.15, -0.1) is 0 Å². The lowest BCUT2D eigenvalue weighted by Crippen LogP contribution is -2.22. The van der Waals surface area contributed by atoms with E-state index in [4.69, 9.17) is 16.7 Å². The SMILES string of the molecule is O=C(O)C1CCC(C(=O)Nc2nccc(Cl)n2)C1. The third-order valence-electron chi connectivity index (χ3n) is 3.01. The van der Waals surface area contributed by atoms with Crippen LogP contribution in [0, 0.1) is 11.8 Å². The van der Waals surface area contributed by atoms with Gasteiger partial charge in [0.2, 0.25) is 11.9 Å². The van der Waals surface area contributed by atoms with Gasteiger partial charge in [0.1, 0.15) is 5.15 Å². The Hall–Kier alpha value is -1.69. The van der Waals surface area contributed by atoms with Gasteiger partial charge in [-0.25, -0.2) is 9.97 Å². The van der Waals surface area contributed by atoms with Crippen LogP contribution in [0.2, 0.25) is 5.15 Å². The van der Waals surface area contributed by atoms with E-state index in [-0.39, 0.29) is 22.9 Å². The lowest BCUT2D eigenvalue weighted by molar-refractivity contribution is -0.141. The first-order chi connectivity index (χ1) is 8.56. The minimum Gasteiger partial charge on any atom is -0.481 e. The van der Waals surface area contributed by atoms with Crippen LogP contribution in [0.4, 0.5) is 5.95 Å². The minimum atomic E-state index is -0.843. The Balaban J connectivity index is 1.95. The normalized spacial score (nSPS) is 22.7. The zero-order chi connectivity index (χ0) is 13.1. The number of hydrogen-bond donors (Lipinski definition) is 2. The lowest BCUT2D eigenvalue weighted by Gasteiger charge is -2.09. The highest BCUT2D eigenvalue weighted by atomic mass is 35.5. The van der Waals surface area contributed by atoms with Gasteiger partial charge < -0.3 is 5.11 Å². The summed E-state index contributed by atoms with van der Waals surface area (Å²) in [5.74, 6) is -1.67. The zero-order valence-corrected chi connectivity index (χ0v) is 10.2. The molecule has 2 rings (SSSR count). The highest BCUT2D eigenvalue weighted by Gasteiger charge is 2.34. The van der Waals surface area contributed by atoms with Crippen molar-refractivity contribution in [2.24, 2.45) is 11.8 Å². The number of anilines is 1.